The molecule has 6 nitrogen and oxygen atoms in total. The first-order valence-electron chi connectivity index (χ1n) is 9.41. The Labute approximate surface area is 161 Å². The van der Waals surface area contributed by atoms with Crippen LogP contribution in [0.25, 0.3) is 0 Å². The molecule has 1 heterocycles. The Morgan fingerprint density at radius 1 is 1.07 bits per heavy atom. The minimum atomic E-state index is -0.173. The fourth-order valence-corrected chi connectivity index (χ4v) is 3.08. The fraction of sp³-hybridized carbons (Fsp3) is 0.381. The first-order valence-corrected chi connectivity index (χ1v) is 9.41. The van der Waals surface area contributed by atoms with Crippen LogP contribution in [-0.4, -0.2) is 57.4 Å². The van der Waals surface area contributed by atoms with E-state index in [1.54, 1.807) is 0 Å². The Bertz CT molecular complexity index is 700. The van der Waals surface area contributed by atoms with Crippen molar-refractivity contribution in [3.05, 3.63) is 60.2 Å². The van der Waals surface area contributed by atoms with Crippen molar-refractivity contribution >= 4 is 17.4 Å². The van der Waals surface area contributed by atoms with Crippen molar-refractivity contribution in [1.82, 2.24) is 10.2 Å². The van der Waals surface area contributed by atoms with Gasteiger partial charge in [-0.1, -0.05) is 30.3 Å². The summed E-state index contributed by atoms with van der Waals surface area (Å²) in [7, 11) is 2.06. The molecule has 2 amide bonds. The molecule has 2 aromatic carbocycles. The number of urea groups is 1. The number of ether oxygens (including phenoxy) is 1. The van der Waals surface area contributed by atoms with Gasteiger partial charge in [-0.05, 0) is 29.8 Å². The number of benzene rings is 2. The summed E-state index contributed by atoms with van der Waals surface area (Å²) in [6, 6.07) is 18.1. The second-order valence-corrected chi connectivity index (χ2v) is 6.72. The Hall–Kier alpha value is -2.57. The lowest BCUT2D eigenvalue weighted by Crippen LogP contribution is -2.42. The van der Waals surface area contributed by atoms with Gasteiger partial charge in [0, 0.05) is 51.1 Å². The molecule has 0 saturated carbocycles. The summed E-state index contributed by atoms with van der Waals surface area (Å²) < 4.78 is 5.32. The first kappa shape index (κ1) is 19.2. The molecule has 0 bridgehead atoms. The van der Waals surface area contributed by atoms with Crippen LogP contribution in [0.4, 0.5) is 16.2 Å². The average molecular weight is 368 g/mol. The van der Waals surface area contributed by atoms with Crippen molar-refractivity contribution in [2.24, 2.45) is 0 Å². The largest absolute Gasteiger partial charge is 0.379 e. The zero-order valence-electron chi connectivity index (χ0n) is 15.9. The third kappa shape index (κ3) is 6.27. The maximum Gasteiger partial charge on any atom is 0.319 e. The van der Waals surface area contributed by atoms with E-state index >= 15 is 0 Å². The van der Waals surface area contributed by atoms with E-state index in [2.05, 4.69) is 39.6 Å². The number of hydrogen-bond donors (Lipinski definition) is 2. The molecule has 0 unspecified atom stereocenters. The van der Waals surface area contributed by atoms with Crippen molar-refractivity contribution < 1.29 is 9.53 Å². The molecule has 1 aliphatic heterocycles. The topological polar surface area (TPSA) is 56.8 Å². The third-order valence-electron chi connectivity index (χ3n) is 4.65. The van der Waals surface area contributed by atoms with E-state index in [1.165, 1.54) is 5.56 Å². The van der Waals surface area contributed by atoms with Gasteiger partial charge in [0.15, 0.2) is 0 Å². The first-order chi connectivity index (χ1) is 13.2. The summed E-state index contributed by atoms with van der Waals surface area (Å²) in [5.74, 6) is 0. The van der Waals surface area contributed by atoms with Crippen LogP contribution in [0.1, 0.15) is 5.56 Å². The number of carbonyl (C=O) groups is 1. The lowest BCUT2D eigenvalue weighted by Gasteiger charge is -2.26. The van der Waals surface area contributed by atoms with Gasteiger partial charge in [-0.15, -0.1) is 0 Å². The summed E-state index contributed by atoms with van der Waals surface area (Å²) in [5, 5.41) is 5.79. The van der Waals surface area contributed by atoms with Crippen LogP contribution in [0.5, 0.6) is 0 Å². The van der Waals surface area contributed by atoms with Crippen LogP contribution in [0.2, 0.25) is 0 Å². The molecule has 0 aliphatic carbocycles. The maximum absolute atomic E-state index is 12.0. The second-order valence-electron chi connectivity index (χ2n) is 6.72. The number of morpholine rings is 1. The standard InChI is InChI=1S/C21H28N4O2/c1-24(17-18-5-3-2-4-6-18)20-9-7-19(8-10-20)23-21(26)22-11-12-25-13-15-27-16-14-25/h2-10H,11-17H2,1H3,(H2,22,23,26). The Kier molecular flexibility index (Phi) is 7.07. The van der Waals surface area contributed by atoms with Crippen molar-refractivity contribution in [1.29, 1.82) is 0 Å². The van der Waals surface area contributed by atoms with Gasteiger partial charge in [0.2, 0.25) is 0 Å². The highest BCUT2D eigenvalue weighted by molar-refractivity contribution is 5.89. The van der Waals surface area contributed by atoms with E-state index in [0.29, 0.717) is 6.54 Å². The van der Waals surface area contributed by atoms with Gasteiger partial charge in [0.25, 0.3) is 0 Å². The molecular weight excluding hydrogens is 340 g/mol. The number of carbonyl (C=O) groups excluding carboxylic acids is 1. The summed E-state index contributed by atoms with van der Waals surface area (Å²) in [4.78, 5) is 16.5. The smallest absolute Gasteiger partial charge is 0.319 e. The SMILES string of the molecule is CN(Cc1ccccc1)c1ccc(NC(=O)NCCN2CCOCC2)cc1. The normalized spacial score (nSPS) is 14.6. The molecule has 6 heteroatoms. The summed E-state index contributed by atoms with van der Waals surface area (Å²) in [5.41, 5.74) is 3.16. The van der Waals surface area contributed by atoms with Gasteiger partial charge < -0.3 is 20.3 Å². The van der Waals surface area contributed by atoms with E-state index in [-0.39, 0.29) is 6.03 Å². The Morgan fingerprint density at radius 2 is 1.78 bits per heavy atom. The average Bonchev–Trinajstić information content (AvgIpc) is 2.70. The van der Waals surface area contributed by atoms with Gasteiger partial charge >= 0.3 is 6.03 Å². The molecule has 2 N–H and O–H groups in total. The van der Waals surface area contributed by atoms with Gasteiger partial charge in [0.05, 0.1) is 13.2 Å². The quantitative estimate of drug-likeness (QED) is 0.789. The summed E-state index contributed by atoms with van der Waals surface area (Å²) in [6.45, 7) is 5.73. The van der Waals surface area contributed by atoms with Gasteiger partial charge in [-0.25, -0.2) is 4.79 Å². The molecule has 144 valence electrons. The molecule has 1 aliphatic rings. The van der Waals surface area contributed by atoms with Crippen LogP contribution < -0.4 is 15.5 Å². The number of rotatable bonds is 7. The number of hydrogen-bond acceptors (Lipinski definition) is 4. The Morgan fingerprint density at radius 3 is 2.48 bits per heavy atom. The van der Waals surface area contributed by atoms with E-state index < -0.39 is 0 Å². The highest BCUT2D eigenvalue weighted by atomic mass is 16.5. The summed E-state index contributed by atoms with van der Waals surface area (Å²) >= 11 is 0. The number of anilines is 2. The van der Waals surface area contributed by atoms with E-state index in [0.717, 1.165) is 50.8 Å². The zero-order valence-corrected chi connectivity index (χ0v) is 15.9. The molecule has 0 radical (unpaired) electrons. The molecule has 1 saturated heterocycles. The molecule has 0 atom stereocenters. The van der Waals surface area contributed by atoms with Gasteiger partial charge in [0.1, 0.15) is 0 Å². The van der Waals surface area contributed by atoms with Gasteiger partial charge in [-0.2, -0.15) is 0 Å². The Balaban J connectivity index is 1.42. The second kappa shape index (κ2) is 9.94. The fourth-order valence-electron chi connectivity index (χ4n) is 3.08. The molecule has 1 fully saturated rings. The third-order valence-corrected chi connectivity index (χ3v) is 4.65. The minimum Gasteiger partial charge on any atom is -0.379 e. The maximum atomic E-state index is 12.0. The monoisotopic (exact) mass is 368 g/mol. The van der Waals surface area contributed by atoms with E-state index in [1.807, 2.05) is 42.5 Å². The van der Waals surface area contributed by atoms with E-state index in [9.17, 15) is 4.79 Å². The predicted molar refractivity (Wildman–Crippen MR) is 109 cm³/mol. The van der Waals surface area contributed by atoms with Crippen LogP contribution in [-0.2, 0) is 11.3 Å². The molecular formula is C21H28N4O2. The van der Waals surface area contributed by atoms with E-state index in [4.69, 9.17) is 4.74 Å². The van der Waals surface area contributed by atoms with Crippen molar-refractivity contribution in [2.75, 3.05) is 56.7 Å². The highest BCUT2D eigenvalue weighted by Gasteiger charge is 2.10. The van der Waals surface area contributed by atoms with Crippen molar-refractivity contribution in [3.8, 4) is 0 Å². The summed E-state index contributed by atoms with van der Waals surface area (Å²) in [6.07, 6.45) is 0. The van der Waals surface area contributed by atoms with Crippen LogP contribution in [0.15, 0.2) is 54.6 Å². The minimum absolute atomic E-state index is 0.173. The van der Waals surface area contributed by atoms with Crippen LogP contribution in [0.3, 0.4) is 0 Å². The lowest BCUT2D eigenvalue weighted by molar-refractivity contribution is 0.0388. The molecule has 3 rings (SSSR count). The number of amides is 2. The lowest BCUT2D eigenvalue weighted by atomic mass is 10.2. The molecule has 27 heavy (non-hydrogen) atoms. The zero-order chi connectivity index (χ0) is 18.9. The number of nitrogens with one attached hydrogen (secondary N) is 2. The molecule has 0 aromatic heterocycles. The van der Waals surface area contributed by atoms with Crippen molar-refractivity contribution in [3.63, 3.8) is 0 Å². The van der Waals surface area contributed by atoms with Crippen LogP contribution in [0, 0.1) is 0 Å². The number of nitrogens with zero attached hydrogens (tertiary/aromatic N) is 2. The predicted octanol–water partition coefficient (Wildman–Crippen LogP) is 2.78. The highest BCUT2D eigenvalue weighted by Crippen LogP contribution is 2.18. The van der Waals surface area contributed by atoms with Crippen LogP contribution >= 0.6 is 0 Å². The molecule has 2 aromatic rings. The molecule has 0 spiro atoms. The van der Waals surface area contributed by atoms with Gasteiger partial charge in [-0.3, -0.25) is 4.90 Å². The van der Waals surface area contributed by atoms with Crippen molar-refractivity contribution in [2.45, 2.75) is 6.54 Å².